The largest absolute Gasteiger partial charge is 0.507 e. The molecule has 1 amide bonds. The van der Waals surface area contributed by atoms with Gasteiger partial charge in [-0.25, -0.2) is 4.39 Å². The van der Waals surface area contributed by atoms with Crippen LogP contribution in [0.2, 0.25) is 0 Å². The first-order valence-electron chi connectivity index (χ1n) is 5.89. The maximum Gasteiger partial charge on any atom is 0.255 e. The van der Waals surface area contributed by atoms with E-state index in [1.165, 1.54) is 6.07 Å². The van der Waals surface area contributed by atoms with E-state index in [0.29, 0.717) is 13.2 Å². The number of phenolic OH excluding ortho intramolecular Hbond substituents is 1. The van der Waals surface area contributed by atoms with Crippen LogP contribution < -0.4 is 5.32 Å². The van der Waals surface area contributed by atoms with E-state index in [9.17, 15) is 14.3 Å². The average molecular weight is 253 g/mol. The molecule has 1 heterocycles. The Balaban J connectivity index is 2.11. The maximum absolute atomic E-state index is 12.8. The van der Waals surface area contributed by atoms with Crippen molar-refractivity contribution in [1.29, 1.82) is 0 Å². The lowest BCUT2D eigenvalue weighted by Gasteiger charge is -2.34. The van der Waals surface area contributed by atoms with Gasteiger partial charge in [0.1, 0.15) is 11.6 Å². The number of carbonyl (C=O) groups is 1. The summed E-state index contributed by atoms with van der Waals surface area (Å²) in [5.74, 6) is -1.34. The molecular weight excluding hydrogens is 237 g/mol. The lowest BCUT2D eigenvalue weighted by atomic mass is 9.94. The fraction of sp³-hybridized carbons (Fsp3) is 0.462. The molecule has 2 rings (SSSR count). The molecule has 1 aromatic rings. The summed E-state index contributed by atoms with van der Waals surface area (Å²) in [5, 5.41) is 12.4. The molecule has 0 bridgehead atoms. The molecule has 98 valence electrons. The van der Waals surface area contributed by atoms with E-state index in [1.807, 2.05) is 6.92 Å². The van der Waals surface area contributed by atoms with Crippen LogP contribution in [0.25, 0.3) is 0 Å². The van der Waals surface area contributed by atoms with Crippen molar-refractivity contribution in [2.75, 3.05) is 13.2 Å². The third-order valence-electron chi connectivity index (χ3n) is 3.06. The van der Waals surface area contributed by atoms with Gasteiger partial charge in [-0.05, 0) is 31.9 Å². The number of nitrogens with one attached hydrogen (secondary N) is 1. The van der Waals surface area contributed by atoms with E-state index in [4.69, 9.17) is 4.74 Å². The fourth-order valence-electron chi connectivity index (χ4n) is 2.07. The summed E-state index contributed by atoms with van der Waals surface area (Å²) in [6, 6.07) is 3.34. The van der Waals surface area contributed by atoms with Crippen molar-refractivity contribution in [3.05, 3.63) is 29.6 Å². The van der Waals surface area contributed by atoms with Gasteiger partial charge in [-0.1, -0.05) is 0 Å². The third-order valence-corrected chi connectivity index (χ3v) is 3.06. The zero-order valence-corrected chi connectivity index (χ0v) is 10.2. The molecule has 18 heavy (non-hydrogen) atoms. The second-order valence-corrected chi connectivity index (χ2v) is 4.83. The van der Waals surface area contributed by atoms with Crippen molar-refractivity contribution in [3.63, 3.8) is 0 Å². The molecule has 1 aliphatic rings. The number of halogens is 1. The minimum Gasteiger partial charge on any atom is -0.507 e. The van der Waals surface area contributed by atoms with Crippen LogP contribution in [-0.2, 0) is 4.74 Å². The van der Waals surface area contributed by atoms with Gasteiger partial charge in [-0.2, -0.15) is 0 Å². The van der Waals surface area contributed by atoms with Crippen LogP contribution in [0.1, 0.15) is 30.1 Å². The molecule has 0 aliphatic carbocycles. The number of amides is 1. The predicted octanol–water partition coefficient (Wildman–Crippen LogP) is 1.83. The van der Waals surface area contributed by atoms with Crippen LogP contribution in [0, 0.1) is 5.82 Å². The Kier molecular flexibility index (Phi) is 3.52. The van der Waals surface area contributed by atoms with E-state index in [2.05, 4.69) is 5.32 Å². The van der Waals surface area contributed by atoms with E-state index in [0.717, 1.165) is 25.0 Å². The zero-order chi connectivity index (χ0) is 13.2. The number of rotatable bonds is 2. The second kappa shape index (κ2) is 4.94. The number of hydrogen-bond donors (Lipinski definition) is 2. The standard InChI is InChI=1S/C13H16FNO3/c1-13(5-2-6-18-8-13)15-12(17)10-4-3-9(14)7-11(10)16/h3-4,7,16H,2,5-6,8H2,1H3,(H,15,17). The van der Waals surface area contributed by atoms with Crippen molar-refractivity contribution in [2.45, 2.75) is 25.3 Å². The quantitative estimate of drug-likeness (QED) is 0.845. The summed E-state index contributed by atoms with van der Waals surface area (Å²) in [5.41, 5.74) is -0.362. The number of hydrogen-bond acceptors (Lipinski definition) is 3. The number of aromatic hydroxyl groups is 1. The minimum absolute atomic E-state index is 0.0724. The minimum atomic E-state index is -0.573. The molecule has 1 aliphatic heterocycles. The molecule has 0 aromatic heterocycles. The smallest absolute Gasteiger partial charge is 0.255 e. The Hall–Kier alpha value is -1.62. The first-order chi connectivity index (χ1) is 8.50. The van der Waals surface area contributed by atoms with Gasteiger partial charge in [0.2, 0.25) is 0 Å². The Morgan fingerprint density at radius 1 is 1.56 bits per heavy atom. The number of carbonyl (C=O) groups excluding carboxylic acids is 1. The highest BCUT2D eigenvalue weighted by Crippen LogP contribution is 2.22. The van der Waals surface area contributed by atoms with Crippen LogP contribution in [0.15, 0.2) is 18.2 Å². The van der Waals surface area contributed by atoms with Crippen molar-refractivity contribution in [3.8, 4) is 5.75 Å². The van der Waals surface area contributed by atoms with Crippen LogP contribution >= 0.6 is 0 Å². The molecule has 5 heteroatoms. The van der Waals surface area contributed by atoms with Gasteiger partial charge in [0.15, 0.2) is 0 Å². The zero-order valence-electron chi connectivity index (χ0n) is 10.2. The van der Waals surface area contributed by atoms with Gasteiger partial charge >= 0.3 is 0 Å². The lowest BCUT2D eigenvalue weighted by molar-refractivity contribution is 0.0272. The normalized spacial score (nSPS) is 23.7. The summed E-state index contributed by atoms with van der Waals surface area (Å²) < 4.78 is 18.2. The van der Waals surface area contributed by atoms with E-state index >= 15 is 0 Å². The van der Waals surface area contributed by atoms with Crippen LogP contribution in [-0.4, -0.2) is 29.8 Å². The van der Waals surface area contributed by atoms with Gasteiger partial charge in [0.05, 0.1) is 17.7 Å². The molecule has 0 spiro atoms. The van der Waals surface area contributed by atoms with Crippen molar-refractivity contribution in [1.82, 2.24) is 5.32 Å². The monoisotopic (exact) mass is 253 g/mol. The summed E-state index contributed by atoms with van der Waals surface area (Å²) in [6.07, 6.45) is 1.70. The molecule has 0 saturated carbocycles. The Morgan fingerprint density at radius 2 is 2.33 bits per heavy atom. The SMILES string of the molecule is CC1(NC(=O)c2ccc(F)cc2O)CCCOC1. The summed E-state index contributed by atoms with van der Waals surface area (Å²) in [7, 11) is 0. The molecule has 2 N–H and O–H groups in total. The van der Waals surface area contributed by atoms with E-state index < -0.39 is 17.3 Å². The van der Waals surface area contributed by atoms with Gasteiger partial charge in [0.25, 0.3) is 5.91 Å². The maximum atomic E-state index is 12.8. The van der Waals surface area contributed by atoms with Gasteiger partial charge in [-0.3, -0.25) is 4.79 Å². The van der Waals surface area contributed by atoms with Crippen molar-refractivity contribution in [2.24, 2.45) is 0 Å². The summed E-state index contributed by atoms with van der Waals surface area (Å²) in [4.78, 5) is 12.0. The first kappa shape index (κ1) is 12.8. The van der Waals surface area contributed by atoms with Crippen molar-refractivity contribution < 1.29 is 19.0 Å². The number of ether oxygens (including phenoxy) is 1. The average Bonchev–Trinajstić information content (AvgIpc) is 2.28. The third kappa shape index (κ3) is 2.79. The molecule has 1 aromatic carbocycles. The molecule has 0 radical (unpaired) electrons. The molecule has 1 saturated heterocycles. The highest BCUT2D eigenvalue weighted by Gasteiger charge is 2.30. The predicted molar refractivity (Wildman–Crippen MR) is 64.0 cm³/mol. The fourth-order valence-corrected chi connectivity index (χ4v) is 2.07. The topological polar surface area (TPSA) is 58.6 Å². The number of benzene rings is 1. The van der Waals surface area contributed by atoms with Crippen LogP contribution in [0.3, 0.4) is 0 Å². The van der Waals surface area contributed by atoms with Crippen LogP contribution in [0.5, 0.6) is 5.75 Å². The molecule has 1 unspecified atom stereocenters. The Morgan fingerprint density at radius 3 is 2.94 bits per heavy atom. The van der Waals surface area contributed by atoms with Gasteiger partial charge in [-0.15, -0.1) is 0 Å². The van der Waals surface area contributed by atoms with Crippen molar-refractivity contribution >= 4 is 5.91 Å². The van der Waals surface area contributed by atoms with E-state index in [-0.39, 0.29) is 11.3 Å². The van der Waals surface area contributed by atoms with Gasteiger partial charge in [0, 0.05) is 12.7 Å². The highest BCUT2D eigenvalue weighted by molar-refractivity contribution is 5.97. The molecule has 1 fully saturated rings. The molecule has 1 atom stereocenters. The summed E-state index contributed by atoms with van der Waals surface area (Å²) in [6.45, 7) is 3.04. The second-order valence-electron chi connectivity index (χ2n) is 4.83. The highest BCUT2D eigenvalue weighted by atomic mass is 19.1. The van der Waals surface area contributed by atoms with E-state index in [1.54, 1.807) is 0 Å². The van der Waals surface area contributed by atoms with Gasteiger partial charge < -0.3 is 15.2 Å². The molecular formula is C13H16FNO3. The Labute approximate surface area is 105 Å². The molecule has 4 nitrogen and oxygen atoms in total. The van der Waals surface area contributed by atoms with Crippen LogP contribution in [0.4, 0.5) is 4.39 Å². The Bertz CT molecular complexity index is 456. The first-order valence-corrected chi connectivity index (χ1v) is 5.89. The summed E-state index contributed by atoms with van der Waals surface area (Å²) >= 11 is 0. The lowest BCUT2D eigenvalue weighted by Crippen LogP contribution is -2.51. The number of phenols is 1.